The van der Waals surface area contributed by atoms with Crippen LogP contribution in [0.1, 0.15) is 5.56 Å². The highest BCUT2D eigenvalue weighted by molar-refractivity contribution is 5.97. The molecule has 88 valence electrons. The molecule has 17 heavy (non-hydrogen) atoms. The van der Waals surface area contributed by atoms with E-state index in [4.69, 9.17) is 0 Å². The molecule has 0 atom stereocenters. The maximum atomic E-state index is 11.3. The normalized spacial score (nSPS) is 10.4. The van der Waals surface area contributed by atoms with Gasteiger partial charge in [0.25, 0.3) is 0 Å². The second-order valence-electron chi connectivity index (χ2n) is 3.70. The Labute approximate surface area is 98.1 Å². The van der Waals surface area contributed by atoms with Crippen molar-refractivity contribution in [3.63, 3.8) is 0 Å². The van der Waals surface area contributed by atoms with Crippen LogP contribution in [0.3, 0.4) is 0 Å². The minimum atomic E-state index is -0.389. The summed E-state index contributed by atoms with van der Waals surface area (Å²) >= 11 is 0. The molecule has 0 fully saturated rings. The third-order valence-electron chi connectivity index (χ3n) is 2.64. The Balaban J connectivity index is 2.64. The molecular weight excluding hydrogens is 220 g/mol. The van der Waals surface area contributed by atoms with Crippen LogP contribution in [0.2, 0.25) is 0 Å². The van der Waals surface area contributed by atoms with Gasteiger partial charge in [0, 0.05) is 10.8 Å². The molecule has 2 rings (SSSR count). The molecule has 0 saturated carbocycles. The lowest BCUT2D eigenvalue weighted by molar-refractivity contribution is -0.139. The van der Waals surface area contributed by atoms with Gasteiger partial charge in [-0.15, -0.1) is 0 Å². The van der Waals surface area contributed by atoms with E-state index in [1.54, 1.807) is 18.2 Å². The first-order valence-electron chi connectivity index (χ1n) is 5.13. The topological polar surface area (TPSA) is 66.8 Å². The molecule has 0 unspecified atom stereocenters. The summed E-state index contributed by atoms with van der Waals surface area (Å²) < 4.78 is 4.59. The van der Waals surface area contributed by atoms with Crippen LogP contribution < -0.4 is 0 Å². The van der Waals surface area contributed by atoms with Crippen LogP contribution >= 0.6 is 0 Å². The molecule has 0 amide bonds. The van der Waals surface area contributed by atoms with Crippen LogP contribution in [-0.2, 0) is 16.0 Å². The van der Waals surface area contributed by atoms with Gasteiger partial charge in [-0.05, 0) is 17.7 Å². The first kappa shape index (κ1) is 11.3. The average molecular weight is 232 g/mol. The Bertz CT molecular complexity index is 575. The monoisotopic (exact) mass is 232 g/mol. The molecule has 2 aromatic carbocycles. The largest absolute Gasteiger partial charge is 0.507 e. The van der Waals surface area contributed by atoms with Crippen LogP contribution in [0.25, 0.3) is 10.8 Å². The zero-order valence-electron chi connectivity index (χ0n) is 9.30. The lowest BCUT2D eigenvalue weighted by Gasteiger charge is -2.08. The molecule has 0 aliphatic rings. The Morgan fingerprint density at radius 2 is 1.88 bits per heavy atom. The third-order valence-corrected chi connectivity index (χ3v) is 2.64. The summed E-state index contributed by atoms with van der Waals surface area (Å²) in [4.78, 5) is 11.3. The zero-order chi connectivity index (χ0) is 12.4. The predicted octanol–water partition coefficient (Wildman–Crippen LogP) is 1.97. The summed E-state index contributed by atoms with van der Waals surface area (Å²) in [5.74, 6) is -0.276. The van der Waals surface area contributed by atoms with E-state index in [0.717, 1.165) is 0 Å². The van der Waals surface area contributed by atoms with Crippen LogP contribution in [0.4, 0.5) is 0 Å². The fourth-order valence-corrected chi connectivity index (χ4v) is 1.82. The third kappa shape index (κ3) is 2.01. The smallest absolute Gasteiger partial charge is 0.310 e. The lowest BCUT2D eigenvalue weighted by Crippen LogP contribution is -2.04. The average Bonchev–Trinajstić information content (AvgIpc) is 2.34. The van der Waals surface area contributed by atoms with Crippen molar-refractivity contribution in [3.8, 4) is 11.5 Å². The second-order valence-corrected chi connectivity index (χ2v) is 3.70. The molecule has 0 saturated heterocycles. The van der Waals surface area contributed by atoms with E-state index in [0.29, 0.717) is 16.3 Å². The fraction of sp³-hybridized carbons (Fsp3) is 0.154. The number of aromatic hydroxyl groups is 2. The van der Waals surface area contributed by atoms with E-state index in [1.807, 2.05) is 0 Å². The molecular formula is C13H12O4. The number of rotatable bonds is 2. The molecule has 4 heteroatoms. The van der Waals surface area contributed by atoms with Crippen molar-refractivity contribution in [1.82, 2.24) is 0 Å². The molecule has 0 aromatic heterocycles. The molecule has 0 radical (unpaired) electrons. The van der Waals surface area contributed by atoms with Crippen LogP contribution in [0.15, 0.2) is 30.3 Å². The summed E-state index contributed by atoms with van der Waals surface area (Å²) in [6, 6.07) is 7.95. The van der Waals surface area contributed by atoms with Gasteiger partial charge in [-0.2, -0.15) is 0 Å². The van der Waals surface area contributed by atoms with Crippen LogP contribution in [0.5, 0.6) is 11.5 Å². The molecule has 0 heterocycles. The van der Waals surface area contributed by atoms with Gasteiger partial charge in [0.15, 0.2) is 0 Å². The van der Waals surface area contributed by atoms with Gasteiger partial charge in [0.1, 0.15) is 11.5 Å². The van der Waals surface area contributed by atoms with Gasteiger partial charge < -0.3 is 14.9 Å². The van der Waals surface area contributed by atoms with E-state index in [2.05, 4.69) is 4.74 Å². The number of hydrogen-bond acceptors (Lipinski definition) is 4. The molecule has 2 aromatic rings. The number of phenols is 2. The van der Waals surface area contributed by atoms with E-state index in [9.17, 15) is 15.0 Å². The maximum Gasteiger partial charge on any atom is 0.310 e. The minimum absolute atomic E-state index is 0.0392. The van der Waals surface area contributed by atoms with E-state index in [1.165, 1.54) is 19.2 Å². The van der Waals surface area contributed by atoms with Crippen molar-refractivity contribution in [2.75, 3.05) is 7.11 Å². The number of fused-ring (bicyclic) bond motifs is 1. The van der Waals surface area contributed by atoms with E-state index < -0.39 is 0 Å². The van der Waals surface area contributed by atoms with Gasteiger partial charge in [-0.1, -0.05) is 18.2 Å². The van der Waals surface area contributed by atoms with E-state index >= 15 is 0 Å². The van der Waals surface area contributed by atoms with Crippen molar-refractivity contribution in [1.29, 1.82) is 0 Å². The number of ether oxygens (including phenoxy) is 1. The van der Waals surface area contributed by atoms with Gasteiger partial charge in [-0.25, -0.2) is 0 Å². The number of hydrogen-bond donors (Lipinski definition) is 2. The van der Waals surface area contributed by atoms with Crippen molar-refractivity contribution in [2.45, 2.75) is 6.42 Å². The van der Waals surface area contributed by atoms with Gasteiger partial charge in [-0.3, -0.25) is 4.79 Å². The number of carbonyl (C=O) groups excluding carboxylic acids is 1. The molecule has 0 bridgehead atoms. The lowest BCUT2D eigenvalue weighted by atomic mass is 10.0. The summed E-state index contributed by atoms with van der Waals surface area (Å²) in [5, 5.41) is 20.5. The zero-order valence-corrected chi connectivity index (χ0v) is 9.30. The summed E-state index contributed by atoms with van der Waals surface area (Å²) in [5.41, 5.74) is 0.628. The fourth-order valence-electron chi connectivity index (χ4n) is 1.82. The SMILES string of the molecule is COC(=O)Cc1cccc2c(O)ccc(O)c12. The van der Waals surface area contributed by atoms with Crippen LogP contribution in [-0.4, -0.2) is 23.3 Å². The molecule has 4 nitrogen and oxygen atoms in total. The first-order valence-corrected chi connectivity index (χ1v) is 5.13. The van der Waals surface area contributed by atoms with Crippen molar-refractivity contribution in [3.05, 3.63) is 35.9 Å². The summed E-state index contributed by atoms with van der Waals surface area (Å²) in [7, 11) is 1.31. The Hall–Kier alpha value is -2.23. The van der Waals surface area contributed by atoms with Crippen molar-refractivity contribution < 1.29 is 19.7 Å². The van der Waals surface area contributed by atoms with Crippen LogP contribution in [0, 0.1) is 0 Å². The maximum absolute atomic E-state index is 11.3. The molecule has 0 aliphatic heterocycles. The number of phenolic OH excluding ortho intramolecular Hbond substituents is 2. The molecule has 0 aliphatic carbocycles. The van der Waals surface area contributed by atoms with Crippen molar-refractivity contribution >= 4 is 16.7 Å². The highest BCUT2D eigenvalue weighted by Crippen LogP contribution is 2.34. The Morgan fingerprint density at radius 3 is 2.59 bits per heavy atom. The Morgan fingerprint density at radius 1 is 1.18 bits per heavy atom. The molecule has 0 spiro atoms. The highest BCUT2D eigenvalue weighted by atomic mass is 16.5. The van der Waals surface area contributed by atoms with Gasteiger partial charge >= 0.3 is 5.97 Å². The second kappa shape index (κ2) is 4.33. The summed E-state index contributed by atoms with van der Waals surface area (Å²) in [6.07, 6.45) is 0.0604. The number of methoxy groups -OCH3 is 1. The van der Waals surface area contributed by atoms with E-state index in [-0.39, 0.29) is 23.9 Å². The highest BCUT2D eigenvalue weighted by Gasteiger charge is 2.12. The number of benzene rings is 2. The van der Waals surface area contributed by atoms with Gasteiger partial charge in [0.05, 0.1) is 13.5 Å². The standard InChI is InChI=1S/C13H12O4/c1-17-12(16)7-8-3-2-4-9-10(14)5-6-11(15)13(8)9/h2-6,14-15H,7H2,1H3. The minimum Gasteiger partial charge on any atom is -0.507 e. The van der Waals surface area contributed by atoms with Gasteiger partial charge in [0.2, 0.25) is 0 Å². The number of carbonyl (C=O) groups is 1. The predicted molar refractivity (Wildman–Crippen MR) is 63.0 cm³/mol. The summed E-state index contributed by atoms with van der Waals surface area (Å²) in [6.45, 7) is 0. The number of esters is 1. The first-order chi connectivity index (χ1) is 8.13. The van der Waals surface area contributed by atoms with Crippen molar-refractivity contribution in [2.24, 2.45) is 0 Å². The molecule has 2 N–H and O–H groups in total. The Kier molecular flexibility index (Phi) is 2.87. The quantitative estimate of drug-likeness (QED) is 0.613.